The zero-order valence-electron chi connectivity index (χ0n) is 13.9. The van der Waals surface area contributed by atoms with Crippen LogP contribution in [0.25, 0.3) is 0 Å². The molecule has 0 saturated heterocycles. The van der Waals surface area contributed by atoms with Gasteiger partial charge in [-0.3, -0.25) is 0 Å². The lowest BCUT2D eigenvalue weighted by Crippen LogP contribution is -2.02. The highest BCUT2D eigenvalue weighted by Crippen LogP contribution is 2.24. The summed E-state index contributed by atoms with van der Waals surface area (Å²) < 4.78 is 5.88. The van der Waals surface area contributed by atoms with E-state index in [2.05, 4.69) is 11.4 Å². The number of hydrogen-bond donors (Lipinski definition) is 1. The molecular formula is C21H19Cl2NO. The molecule has 3 rings (SSSR count). The van der Waals surface area contributed by atoms with Crippen molar-refractivity contribution in [2.75, 3.05) is 5.32 Å². The van der Waals surface area contributed by atoms with Crippen LogP contribution in [0, 0.1) is 6.92 Å². The third kappa shape index (κ3) is 4.91. The Hall–Kier alpha value is -2.16. The fraction of sp³-hybridized carbons (Fsp3) is 0.143. The van der Waals surface area contributed by atoms with E-state index in [1.54, 1.807) is 0 Å². The van der Waals surface area contributed by atoms with Gasteiger partial charge in [0.1, 0.15) is 12.4 Å². The molecule has 3 aromatic rings. The molecule has 0 atom stereocenters. The van der Waals surface area contributed by atoms with Crippen molar-refractivity contribution in [1.82, 2.24) is 0 Å². The van der Waals surface area contributed by atoms with Gasteiger partial charge in [-0.2, -0.15) is 0 Å². The van der Waals surface area contributed by atoms with Gasteiger partial charge in [0.15, 0.2) is 0 Å². The maximum atomic E-state index is 6.16. The van der Waals surface area contributed by atoms with E-state index in [0.29, 0.717) is 13.2 Å². The minimum atomic E-state index is 0.491. The van der Waals surface area contributed by atoms with E-state index in [0.717, 1.165) is 38.2 Å². The molecule has 0 unspecified atom stereocenters. The largest absolute Gasteiger partial charge is 0.489 e. The fourth-order valence-corrected chi connectivity index (χ4v) is 2.92. The van der Waals surface area contributed by atoms with Crippen molar-refractivity contribution in [3.8, 4) is 5.75 Å². The quantitative estimate of drug-likeness (QED) is 0.534. The number of benzene rings is 3. The van der Waals surface area contributed by atoms with Crippen LogP contribution in [-0.2, 0) is 13.2 Å². The molecule has 0 fully saturated rings. The highest BCUT2D eigenvalue weighted by molar-refractivity contribution is 6.31. The molecule has 0 aliphatic rings. The van der Waals surface area contributed by atoms with E-state index in [1.807, 2.05) is 67.6 Å². The van der Waals surface area contributed by atoms with Gasteiger partial charge in [-0.1, -0.05) is 53.5 Å². The summed E-state index contributed by atoms with van der Waals surface area (Å²) in [4.78, 5) is 0. The standard InChI is InChI=1S/C21H19Cl2NO/c1-15-20(23)9-4-10-21(15)24-13-16-5-3-8-19(12-16)25-14-17-6-2-7-18(22)11-17/h2-12,24H,13-14H2,1H3. The molecule has 2 nitrogen and oxygen atoms in total. The monoisotopic (exact) mass is 371 g/mol. The molecule has 0 aliphatic carbocycles. The van der Waals surface area contributed by atoms with Crippen LogP contribution in [-0.4, -0.2) is 0 Å². The minimum Gasteiger partial charge on any atom is -0.489 e. The Balaban J connectivity index is 1.62. The molecule has 0 aliphatic heterocycles. The number of nitrogens with one attached hydrogen (secondary N) is 1. The van der Waals surface area contributed by atoms with Crippen LogP contribution in [0.1, 0.15) is 16.7 Å². The van der Waals surface area contributed by atoms with Crippen molar-refractivity contribution < 1.29 is 4.74 Å². The minimum absolute atomic E-state index is 0.491. The number of hydrogen-bond acceptors (Lipinski definition) is 2. The van der Waals surface area contributed by atoms with Gasteiger partial charge in [0.05, 0.1) is 0 Å². The van der Waals surface area contributed by atoms with Gasteiger partial charge >= 0.3 is 0 Å². The van der Waals surface area contributed by atoms with Crippen LogP contribution >= 0.6 is 23.2 Å². The molecule has 128 valence electrons. The molecule has 0 bridgehead atoms. The van der Waals surface area contributed by atoms with Crippen molar-refractivity contribution in [2.24, 2.45) is 0 Å². The van der Waals surface area contributed by atoms with E-state index < -0.39 is 0 Å². The second-order valence-corrected chi connectivity index (χ2v) is 6.68. The number of anilines is 1. The Labute approximate surface area is 158 Å². The topological polar surface area (TPSA) is 21.3 Å². The summed E-state index contributed by atoms with van der Waals surface area (Å²) in [6, 6.07) is 21.6. The van der Waals surface area contributed by atoms with E-state index in [1.165, 1.54) is 0 Å². The Morgan fingerprint density at radius 3 is 2.48 bits per heavy atom. The fourth-order valence-electron chi connectivity index (χ4n) is 2.53. The van der Waals surface area contributed by atoms with Crippen molar-refractivity contribution in [3.05, 3.63) is 93.5 Å². The van der Waals surface area contributed by atoms with Gasteiger partial charge in [-0.25, -0.2) is 0 Å². The predicted octanol–water partition coefficient (Wildman–Crippen LogP) is 6.49. The zero-order valence-corrected chi connectivity index (χ0v) is 15.4. The SMILES string of the molecule is Cc1c(Cl)cccc1NCc1cccc(OCc2cccc(Cl)c2)c1. The Morgan fingerprint density at radius 1 is 0.880 bits per heavy atom. The van der Waals surface area contributed by atoms with Crippen LogP contribution in [0.4, 0.5) is 5.69 Å². The summed E-state index contributed by atoms with van der Waals surface area (Å²) in [6.45, 7) is 3.20. The summed E-state index contributed by atoms with van der Waals surface area (Å²) in [5, 5.41) is 4.91. The van der Waals surface area contributed by atoms with E-state index in [4.69, 9.17) is 27.9 Å². The molecule has 0 aromatic heterocycles. The second kappa shape index (κ2) is 8.28. The zero-order chi connectivity index (χ0) is 17.6. The summed E-state index contributed by atoms with van der Waals surface area (Å²) in [5.41, 5.74) is 4.28. The lowest BCUT2D eigenvalue weighted by Gasteiger charge is -2.12. The van der Waals surface area contributed by atoms with E-state index in [9.17, 15) is 0 Å². The molecule has 0 saturated carbocycles. The average molecular weight is 372 g/mol. The molecule has 3 aromatic carbocycles. The van der Waals surface area contributed by atoms with Crippen LogP contribution in [0.3, 0.4) is 0 Å². The first-order valence-corrected chi connectivity index (χ1v) is 8.82. The predicted molar refractivity (Wildman–Crippen MR) is 106 cm³/mol. The van der Waals surface area contributed by atoms with Gasteiger partial charge < -0.3 is 10.1 Å². The van der Waals surface area contributed by atoms with Crippen LogP contribution in [0.5, 0.6) is 5.75 Å². The van der Waals surface area contributed by atoms with Crippen LogP contribution in [0.15, 0.2) is 66.7 Å². The smallest absolute Gasteiger partial charge is 0.120 e. The van der Waals surface area contributed by atoms with Crippen LogP contribution < -0.4 is 10.1 Å². The maximum Gasteiger partial charge on any atom is 0.120 e. The Kier molecular flexibility index (Phi) is 5.85. The lowest BCUT2D eigenvalue weighted by atomic mass is 10.1. The maximum absolute atomic E-state index is 6.16. The lowest BCUT2D eigenvalue weighted by molar-refractivity contribution is 0.306. The second-order valence-electron chi connectivity index (χ2n) is 5.83. The molecule has 4 heteroatoms. The summed E-state index contributed by atoms with van der Waals surface area (Å²) in [7, 11) is 0. The molecule has 1 N–H and O–H groups in total. The molecule has 0 radical (unpaired) electrons. The highest BCUT2D eigenvalue weighted by Gasteiger charge is 2.03. The first-order valence-electron chi connectivity index (χ1n) is 8.07. The number of halogens is 2. The van der Waals surface area contributed by atoms with E-state index in [-0.39, 0.29) is 0 Å². The van der Waals surface area contributed by atoms with Crippen molar-refractivity contribution >= 4 is 28.9 Å². The summed E-state index contributed by atoms with van der Waals surface area (Å²) in [5.74, 6) is 0.835. The molecule has 25 heavy (non-hydrogen) atoms. The highest BCUT2D eigenvalue weighted by atomic mass is 35.5. The number of rotatable bonds is 6. The normalized spacial score (nSPS) is 10.5. The van der Waals surface area contributed by atoms with Crippen molar-refractivity contribution in [2.45, 2.75) is 20.1 Å². The molecule has 0 spiro atoms. The molecule has 0 heterocycles. The first-order chi connectivity index (χ1) is 12.1. The Morgan fingerprint density at radius 2 is 1.64 bits per heavy atom. The van der Waals surface area contributed by atoms with E-state index >= 15 is 0 Å². The molecular weight excluding hydrogens is 353 g/mol. The van der Waals surface area contributed by atoms with Gasteiger partial charge in [-0.15, -0.1) is 0 Å². The van der Waals surface area contributed by atoms with Crippen LogP contribution in [0.2, 0.25) is 10.0 Å². The molecule has 0 amide bonds. The van der Waals surface area contributed by atoms with Gasteiger partial charge in [0.2, 0.25) is 0 Å². The summed E-state index contributed by atoms with van der Waals surface area (Å²) >= 11 is 12.2. The third-order valence-corrected chi connectivity index (χ3v) is 4.59. The van der Waals surface area contributed by atoms with Crippen molar-refractivity contribution in [1.29, 1.82) is 0 Å². The average Bonchev–Trinajstić information content (AvgIpc) is 2.62. The Bertz CT molecular complexity index is 864. The third-order valence-electron chi connectivity index (χ3n) is 3.94. The van der Waals surface area contributed by atoms with Gasteiger partial charge in [0.25, 0.3) is 0 Å². The van der Waals surface area contributed by atoms with Gasteiger partial charge in [-0.05, 0) is 60.0 Å². The van der Waals surface area contributed by atoms with Crippen molar-refractivity contribution in [3.63, 3.8) is 0 Å². The number of ether oxygens (including phenoxy) is 1. The first kappa shape index (κ1) is 17.7. The summed E-state index contributed by atoms with van der Waals surface area (Å²) in [6.07, 6.45) is 0. The van der Waals surface area contributed by atoms with Gasteiger partial charge in [0, 0.05) is 22.3 Å².